The molecule has 1 aliphatic carbocycles. The quantitative estimate of drug-likeness (QED) is 0.534. The molecule has 2 saturated heterocycles. The van der Waals surface area contributed by atoms with E-state index in [1.807, 2.05) is 0 Å². The number of hydrogen-bond acceptors (Lipinski definition) is 1. The lowest BCUT2D eigenvalue weighted by molar-refractivity contribution is -0.121. The lowest BCUT2D eigenvalue weighted by atomic mass is 9.87. The lowest BCUT2D eigenvalue weighted by Crippen LogP contribution is -2.31. The van der Waals surface area contributed by atoms with Crippen molar-refractivity contribution >= 4 is 5.91 Å². The smallest absolute Gasteiger partial charge is 0.220 e. The number of fused-ring (bicyclic) bond motifs is 4. The predicted molar refractivity (Wildman–Crippen MR) is 38.5 cm³/mol. The first-order chi connectivity index (χ1) is 4.84. The maximum absolute atomic E-state index is 11.0. The number of hydrogen-bond donors (Lipinski definition) is 1. The summed E-state index contributed by atoms with van der Waals surface area (Å²) in [7, 11) is 0. The highest BCUT2D eigenvalue weighted by molar-refractivity contribution is 5.77. The molecule has 0 aromatic heterocycles. The Morgan fingerprint density at radius 2 is 1.90 bits per heavy atom. The molecule has 0 aromatic carbocycles. The minimum atomic E-state index is 0.282. The summed E-state index contributed by atoms with van der Waals surface area (Å²) in [6, 6.07) is 0.520. The molecule has 1 saturated carbocycles. The molecule has 56 valence electrons. The van der Waals surface area contributed by atoms with Crippen LogP contribution < -0.4 is 5.32 Å². The van der Waals surface area contributed by atoms with E-state index in [0.29, 0.717) is 12.0 Å². The van der Waals surface area contributed by atoms with Gasteiger partial charge in [-0.15, -0.1) is 0 Å². The molecule has 2 bridgehead atoms. The van der Waals surface area contributed by atoms with Crippen molar-refractivity contribution in [2.45, 2.75) is 38.1 Å². The molecule has 3 rings (SSSR count). The summed E-state index contributed by atoms with van der Waals surface area (Å²) in [5.74, 6) is 0.990. The molecule has 1 N–H and O–H groups in total. The molecule has 0 aromatic rings. The van der Waals surface area contributed by atoms with Crippen LogP contribution in [0.3, 0.4) is 0 Å². The second-order valence-electron chi connectivity index (χ2n) is 3.49. The van der Waals surface area contributed by atoms with E-state index >= 15 is 0 Å². The van der Waals surface area contributed by atoms with Gasteiger partial charge in [-0.25, -0.2) is 0 Å². The van der Waals surface area contributed by atoms with Gasteiger partial charge >= 0.3 is 0 Å². The minimum Gasteiger partial charge on any atom is -0.353 e. The molecule has 1 amide bonds. The van der Waals surface area contributed by atoms with Crippen LogP contribution in [0.2, 0.25) is 0 Å². The second-order valence-corrected chi connectivity index (χ2v) is 3.49. The average molecular weight is 139 g/mol. The first-order valence-electron chi connectivity index (χ1n) is 4.14. The maximum atomic E-state index is 11.0. The summed E-state index contributed by atoms with van der Waals surface area (Å²) in [6.45, 7) is 0. The van der Waals surface area contributed by atoms with Gasteiger partial charge in [0.2, 0.25) is 5.91 Å². The van der Waals surface area contributed by atoms with E-state index in [1.165, 1.54) is 25.7 Å². The van der Waals surface area contributed by atoms with Crippen molar-refractivity contribution in [3.63, 3.8) is 0 Å². The fraction of sp³-hybridized carbons (Fsp3) is 0.875. The Hall–Kier alpha value is -0.530. The third-order valence-corrected chi connectivity index (χ3v) is 2.69. The van der Waals surface area contributed by atoms with E-state index < -0.39 is 0 Å². The number of rotatable bonds is 0. The molecule has 0 unspecified atom stereocenters. The van der Waals surface area contributed by atoms with Gasteiger partial charge in [0, 0.05) is 12.5 Å². The largest absolute Gasteiger partial charge is 0.353 e. The van der Waals surface area contributed by atoms with Crippen molar-refractivity contribution in [1.29, 1.82) is 0 Å². The highest BCUT2D eigenvalue weighted by atomic mass is 16.1. The topological polar surface area (TPSA) is 29.1 Å². The van der Waals surface area contributed by atoms with Gasteiger partial charge in [0.15, 0.2) is 0 Å². The van der Waals surface area contributed by atoms with Crippen LogP contribution in [0.5, 0.6) is 0 Å². The summed E-state index contributed by atoms with van der Waals surface area (Å²) in [5, 5.41) is 3.03. The van der Waals surface area contributed by atoms with Gasteiger partial charge in [-0.2, -0.15) is 0 Å². The predicted octanol–water partition coefficient (Wildman–Crippen LogP) is 1.07. The van der Waals surface area contributed by atoms with Crippen LogP contribution in [-0.2, 0) is 4.79 Å². The van der Waals surface area contributed by atoms with Gasteiger partial charge in [-0.1, -0.05) is 0 Å². The fourth-order valence-corrected chi connectivity index (χ4v) is 2.06. The summed E-state index contributed by atoms with van der Waals surface area (Å²) in [6.07, 6.45) is 5.76. The maximum Gasteiger partial charge on any atom is 0.220 e. The van der Waals surface area contributed by atoms with E-state index in [9.17, 15) is 4.79 Å². The van der Waals surface area contributed by atoms with Crippen LogP contribution >= 0.6 is 0 Å². The number of nitrogens with one attached hydrogen (secondary N) is 1. The van der Waals surface area contributed by atoms with Crippen molar-refractivity contribution in [2.75, 3.05) is 0 Å². The SMILES string of the molecule is O=C1CC2CCC(CC2)N1. The Balaban J connectivity index is 2.12. The number of carbonyl (C=O) groups excluding carboxylic acids is 1. The van der Waals surface area contributed by atoms with Crippen molar-refractivity contribution in [3.8, 4) is 0 Å². The fourth-order valence-electron chi connectivity index (χ4n) is 2.06. The van der Waals surface area contributed by atoms with Gasteiger partial charge in [0.25, 0.3) is 0 Å². The van der Waals surface area contributed by atoms with Crippen LogP contribution in [0.15, 0.2) is 0 Å². The second kappa shape index (κ2) is 2.26. The van der Waals surface area contributed by atoms with Crippen LogP contribution in [0, 0.1) is 5.92 Å². The van der Waals surface area contributed by atoms with E-state index in [0.717, 1.165) is 6.42 Å². The minimum absolute atomic E-state index is 0.282. The molecular weight excluding hydrogens is 126 g/mol. The van der Waals surface area contributed by atoms with E-state index in [2.05, 4.69) is 5.32 Å². The van der Waals surface area contributed by atoms with Gasteiger partial charge in [0.1, 0.15) is 0 Å². The van der Waals surface area contributed by atoms with Gasteiger partial charge in [-0.3, -0.25) is 4.79 Å². The lowest BCUT2D eigenvalue weighted by Gasteiger charge is -2.21. The first kappa shape index (κ1) is 6.20. The van der Waals surface area contributed by atoms with Gasteiger partial charge < -0.3 is 5.32 Å². The molecule has 2 heterocycles. The summed E-state index contributed by atoms with van der Waals surface area (Å²) >= 11 is 0. The van der Waals surface area contributed by atoms with E-state index in [1.54, 1.807) is 0 Å². The Morgan fingerprint density at radius 1 is 1.20 bits per heavy atom. The molecule has 10 heavy (non-hydrogen) atoms. The average Bonchev–Trinajstić information content (AvgIpc) is 2.17. The van der Waals surface area contributed by atoms with Crippen LogP contribution in [-0.4, -0.2) is 11.9 Å². The zero-order valence-corrected chi connectivity index (χ0v) is 6.10. The van der Waals surface area contributed by atoms with Crippen LogP contribution in [0.25, 0.3) is 0 Å². The third-order valence-electron chi connectivity index (χ3n) is 2.69. The zero-order chi connectivity index (χ0) is 6.97. The monoisotopic (exact) mass is 139 g/mol. The molecule has 0 spiro atoms. The Labute approximate surface area is 61.0 Å². The molecule has 2 aliphatic heterocycles. The summed E-state index contributed by atoms with van der Waals surface area (Å²) in [4.78, 5) is 11.0. The normalized spacial score (nSPS) is 39.0. The highest BCUT2D eigenvalue weighted by Crippen LogP contribution is 2.29. The molecule has 2 heteroatoms. The molecule has 2 nitrogen and oxygen atoms in total. The van der Waals surface area contributed by atoms with Gasteiger partial charge in [0.05, 0.1) is 0 Å². The molecular formula is C8H13NO. The van der Waals surface area contributed by atoms with E-state index in [-0.39, 0.29) is 5.91 Å². The molecule has 0 radical (unpaired) electrons. The Morgan fingerprint density at radius 3 is 2.60 bits per heavy atom. The van der Waals surface area contributed by atoms with Crippen LogP contribution in [0.1, 0.15) is 32.1 Å². The number of amides is 1. The van der Waals surface area contributed by atoms with Crippen molar-refractivity contribution < 1.29 is 4.79 Å². The highest BCUT2D eigenvalue weighted by Gasteiger charge is 2.28. The Bertz CT molecular complexity index is 131. The van der Waals surface area contributed by atoms with Crippen LogP contribution in [0.4, 0.5) is 0 Å². The number of carbonyl (C=O) groups is 1. The van der Waals surface area contributed by atoms with Crippen molar-refractivity contribution in [2.24, 2.45) is 5.92 Å². The standard InChI is InChI=1S/C8H13NO/c10-8-5-6-1-3-7(9-8)4-2-6/h6-7H,1-5H2,(H,9,10). The molecule has 3 aliphatic rings. The zero-order valence-electron chi connectivity index (χ0n) is 6.10. The van der Waals surface area contributed by atoms with Crippen molar-refractivity contribution in [3.05, 3.63) is 0 Å². The van der Waals surface area contributed by atoms with Gasteiger partial charge in [-0.05, 0) is 31.6 Å². The summed E-state index contributed by atoms with van der Waals surface area (Å²) < 4.78 is 0. The summed E-state index contributed by atoms with van der Waals surface area (Å²) in [5.41, 5.74) is 0. The molecule has 3 fully saturated rings. The first-order valence-corrected chi connectivity index (χ1v) is 4.14. The third kappa shape index (κ3) is 1.02. The van der Waals surface area contributed by atoms with Crippen molar-refractivity contribution in [1.82, 2.24) is 5.32 Å². The Kier molecular flexibility index (Phi) is 1.40. The molecule has 0 atom stereocenters. The van der Waals surface area contributed by atoms with E-state index in [4.69, 9.17) is 0 Å².